The number of hydrogen-bond donors (Lipinski definition) is 1. The second-order valence-electron chi connectivity index (χ2n) is 4.57. The van der Waals surface area contributed by atoms with E-state index >= 15 is 0 Å². The van der Waals surface area contributed by atoms with Gasteiger partial charge in [0.2, 0.25) is 0 Å². The molecule has 1 N–H and O–H groups in total. The van der Waals surface area contributed by atoms with Crippen LogP contribution in [0.3, 0.4) is 0 Å². The SMILES string of the molecule is C=CCC(Cc1ccc(OC)c(OC)c1)NCCC. The zero-order chi connectivity index (χ0) is 14.1. The summed E-state index contributed by atoms with van der Waals surface area (Å²) in [4.78, 5) is 0. The van der Waals surface area contributed by atoms with Crippen LogP contribution in [-0.2, 0) is 6.42 Å². The van der Waals surface area contributed by atoms with Gasteiger partial charge in [-0.05, 0) is 43.5 Å². The Morgan fingerprint density at radius 1 is 1.26 bits per heavy atom. The molecule has 0 heterocycles. The molecule has 0 radical (unpaired) electrons. The van der Waals surface area contributed by atoms with Gasteiger partial charge < -0.3 is 14.8 Å². The quantitative estimate of drug-likeness (QED) is 0.694. The Kier molecular flexibility index (Phi) is 7.04. The lowest BCUT2D eigenvalue weighted by Crippen LogP contribution is -2.31. The Morgan fingerprint density at radius 2 is 2.00 bits per heavy atom. The molecule has 1 rings (SSSR count). The molecule has 0 aliphatic carbocycles. The smallest absolute Gasteiger partial charge is 0.160 e. The third kappa shape index (κ3) is 4.95. The van der Waals surface area contributed by atoms with Crippen LogP contribution >= 0.6 is 0 Å². The van der Waals surface area contributed by atoms with E-state index in [1.54, 1.807) is 14.2 Å². The maximum Gasteiger partial charge on any atom is 0.160 e. The highest BCUT2D eigenvalue weighted by molar-refractivity contribution is 5.43. The molecule has 19 heavy (non-hydrogen) atoms. The van der Waals surface area contributed by atoms with E-state index < -0.39 is 0 Å². The van der Waals surface area contributed by atoms with Crippen molar-refractivity contribution in [3.63, 3.8) is 0 Å². The van der Waals surface area contributed by atoms with Gasteiger partial charge in [-0.3, -0.25) is 0 Å². The molecule has 0 aliphatic rings. The molecule has 1 aromatic carbocycles. The molecular weight excluding hydrogens is 238 g/mol. The van der Waals surface area contributed by atoms with Crippen molar-refractivity contribution in [2.24, 2.45) is 0 Å². The molecular formula is C16H25NO2. The maximum atomic E-state index is 5.33. The van der Waals surface area contributed by atoms with Gasteiger partial charge in [-0.2, -0.15) is 0 Å². The molecule has 0 amide bonds. The summed E-state index contributed by atoms with van der Waals surface area (Å²) < 4.78 is 10.6. The molecule has 1 unspecified atom stereocenters. The molecule has 106 valence electrons. The van der Waals surface area contributed by atoms with Gasteiger partial charge >= 0.3 is 0 Å². The second-order valence-corrected chi connectivity index (χ2v) is 4.57. The van der Waals surface area contributed by atoms with Gasteiger partial charge in [0.15, 0.2) is 11.5 Å². The molecule has 0 aliphatic heterocycles. The predicted molar refractivity (Wildman–Crippen MR) is 80.1 cm³/mol. The summed E-state index contributed by atoms with van der Waals surface area (Å²) in [5, 5.41) is 3.54. The van der Waals surface area contributed by atoms with E-state index in [1.807, 2.05) is 18.2 Å². The van der Waals surface area contributed by atoms with Crippen molar-refractivity contribution >= 4 is 0 Å². The van der Waals surface area contributed by atoms with E-state index in [-0.39, 0.29) is 0 Å². The van der Waals surface area contributed by atoms with Crippen LogP contribution in [0, 0.1) is 0 Å². The van der Waals surface area contributed by atoms with E-state index in [9.17, 15) is 0 Å². The monoisotopic (exact) mass is 263 g/mol. The van der Waals surface area contributed by atoms with Crippen LogP contribution in [0.2, 0.25) is 0 Å². The third-order valence-corrected chi connectivity index (χ3v) is 3.06. The number of methoxy groups -OCH3 is 2. The highest BCUT2D eigenvalue weighted by Gasteiger charge is 2.10. The minimum Gasteiger partial charge on any atom is -0.493 e. The lowest BCUT2D eigenvalue weighted by atomic mass is 10.0. The van der Waals surface area contributed by atoms with Gasteiger partial charge in [0.1, 0.15) is 0 Å². The zero-order valence-electron chi connectivity index (χ0n) is 12.2. The average molecular weight is 263 g/mol. The van der Waals surface area contributed by atoms with Gasteiger partial charge in [-0.15, -0.1) is 6.58 Å². The van der Waals surface area contributed by atoms with Crippen LogP contribution in [0.15, 0.2) is 30.9 Å². The topological polar surface area (TPSA) is 30.5 Å². The summed E-state index contributed by atoms with van der Waals surface area (Å²) in [5.41, 5.74) is 1.24. The van der Waals surface area contributed by atoms with Crippen molar-refractivity contribution in [2.45, 2.75) is 32.2 Å². The van der Waals surface area contributed by atoms with Crippen LogP contribution in [0.25, 0.3) is 0 Å². The minimum absolute atomic E-state index is 0.426. The fourth-order valence-electron chi connectivity index (χ4n) is 2.08. The van der Waals surface area contributed by atoms with Crippen molar-refractivity contribution in [1.82, 2.24) is 5.32 Å². The summed E-state index contributed by atoms with van der Waals surface area (Å²) in [6.45, 7) is 7.04. The normalized spacial score (nSPS) is 11.9. The largest absolute Gasteiger partial charge is 0.493 e. The fraction of sp³-hybridized carbons (Fsp3) is 0.500. The van der Waals surface area contributed by atoms with Crippen molar-refractivity contribution in [2.75, 3.05) is 20.8 Å². The molecule has 0 bridgehead atoms. The van der Waals surface area contributed by atoms with Crippen molar-refractivity contribution in [1.29, 1.82) is 0 Å². The molecule has 0 saturated heterocycles. The first-order chi connectivity index (χ1) is 9.24. The first-order valence-electron chi connectivity index (χ1n) is 6.80. The number of hydrogen-bond acceptors (Lipinski definition) is 3. The van der Waals surface area contributed by atoms with E-state index in [4.69, 9.17) is 9.47 Å². The maximum absolute atomic E-state index is 5.33. The number of benzene rings is 1. The lowest BCUT2D eigenvalue weighted by Gasteiger charge is -2.18. The highest BCUT2D eigenvalue weighted by Crippen LogP contribution is 2.28. The molecule has 0 saturated carbocycles. The van der Waals surface area contributed by atoms with Gasteiger partial charge in [-0.1, -0.05) is 19.1 Å². The van der Waals surface area contributed by atoms with Crippen molar-refractivity contribution < 1.29 is 9.47 Å². The number of ether oxygens (including phenoxy) is 2. The van der Waals surface area contributed by atoms with Crippen molar-refractivity contribution in [3.05, 3.63) is 36.4 Å². The van der Waals surface area contributed by atoms with Gasteiger partial charge in [0.05, 0.1) is 14.2 Å². The van der Waals surface area contributed by atoms with Gasteiger partial charge in [0, 0.05) is 6.04 Å². The van der Waals surface area contributed by atoms with Gasteiger partial charge in [0.25, 0.3) is 0 Å². The Morgan fingerprint density at radius 3 is 2.58 bits per heavy atom. The van der Waals surface area contributed by atoms with E-state index in [0.717, 1.165) is 37.3 Å². The van der Waals surface area contributed by atoms with Crippen LogP contribution in [-0.4, -0.2) is 26.8 Å². The Hall–Kier alpha value is -1.48. The molecule has 0 aromatic heterocycles. The van der Waals surface area contributed by atoms with Crippen LogP contribution in [0.5, 0.6) is 11.5 Å². The Bertz CT molecular complexity index is 390. The fourth-order valence-corrected chi connectivity index (χ4v) is 2.08. The first kappa shape index (κ1) is 15.6. The lowest BCUT2D eigenvalue weighted by molar-refractivity contribution is 0.354. The summed E-state index contributed by atoms with van der Waals surface area (Å²) >= 11 is 0. The summed E-state index contributed by atoms with van der Waals surface area (Å²) in [5.74, 6) is 1.56. The predicted octanol–water partition coefficient (Wildman–Crippen LogP) is 3.19. The second kappa shape index (κ2) is 8.59. The Labute approximate surface area is 116 Å². The minimum atomic E-state index is 0.426. The summed E-state index contributed by atoms with van der Waals surface area (Å²) in [6, 6.07) is 6.52. The van der Waals surface area contributed by atoms with Crippen LogP contribution < -0.4 is 14.8 Å². The van der Waals surface area contributed by atoms with E-state index in [1.165, 1.54) is 5.56 Å². The molecule has 0 spiro atoms. The molecule has 3 heteroatoms. The number of nitrogens with one attached hydrogen (secondary N) is 1. The van der Waals surface area contributed by atoms with E-state index in [2.05, 4.69) is 24.9 Å². The molecule has 1 atom stereocenters. The Balaban J connectivity index is 2.74. The molecule has 1 aromatic rings. The standard InChI is InChI=1S/C16H25NO2/c1-5-7-14(17-10-6-2)11-13-8-9-15(18-3)16(12-13)19-4/h5,8-9,12,14,17H,1,6-7,10-11H2,2-4H3. The third-order valence-electron chi connectivity index (χ3n) is 3.06. The molecule has 0 fully saturated rings. The average Bonchev–Trinajstić information content (AvgIpc) is 2.44. The molecule has 3 nitrogen and oxygen atoms in total. The van der Waals surface area contributed by atoms with Gasteiger partial charge in [-0.25, -0.2) is 0 Å². The zero-order valence-corrected chi connectivity index (χ0v) is 12.2. The highest BCUT2D eigenvalue weighted by atomic mass is 16.5. The summed E-state index contributed by atoms with van der Waals surface area (Å²) in [6.07, 6.45) is 5.04. The first-order valence-corrected chi connectivity index (χ1v) is 6.80. The summed E-state index contributed by atoms with van der Waals surface area (Å²) in [7, 11) is 3.32. The number of rotatable bonds is 9. The van der Waals surface area contributed by atoms with Crippen LogP contribution in [0.1, 0.15) is 25.3 Å². The van der Waals surface area contributed by atoms with E-state index in [0.29, 0.717) is 6.04 Å². The van der Waals surface area contributed by atoms with Crippen molar-refractivity contribution in [3.8, 4) is 11.5 Å². The van der Waals surface area contributed by atoms with Crippen LogP contribution in [0.4, 0.5) is 0 Å².